The average Bonchev–Trinajstić information content (AvgIpc) is 2.69. The van der Waals surface area contributed by atoms with Gasteiger partial charge >= 0.3 is 0 Å². The number of fused-ring (bicyclic) bond motifs is 1. The highest BCUT2D eigenvalue weighted by atomic mass is 79.9. The molecule has 0 saturated carbocycles. The highest BCUT2D eigenvalue weighted by molar-refractivity contribution is 9.11. The number of thiophene rings is 1. The van der Waals surface area contributed by atoms with Crippen LogP contribution in [0.25, 0.3) is 0 Å². The number of aliphatic hydroxyl groups excluding tert-OH is 1. The molecular formula is C14H22BrNOS. The second-order valence-corrected chi connectivity index (χ2v) is 8.07. The molecule has 2 unspecified atom stereocenters. The van der Waals surface area contributed by atoms with Gasteiger partial charge in [-0.15, -0.1) is 11.3 Å². The summed E-state index contributed by atoms with van der Waals surface area (Å²) in [6.07, 6.45) is 4.67. The smallest absolute Gasteiger partial charge is 0.0704 e. The second-order valence-electron chi connectivity index (χ2n) is 5.55. The van der Waals surface area contributed by atoms with E-state index in [1.54, 1.807) is 0 Å². The molecule has 1 aromatic heterocycles. The van der Waals surface area contributed by atoms with Crippen LogP contribution < -0.4 is 5.32 Å². The maximum atomic E-state index is 9.49. The normalized spacial score (nSPS) is 21.1. The highest BCUT2D eigenvalue weighted by Gasteiger charge is 2.24. The Morgan fingerprint density at radius 3 is 3.00 bits per heavy atom. The molecule has 0 radical (unpaired) electrons. The number of aliphatic hydroxyl groups is 1. The molecule has 1 heterocycles. The number of halogens is 1. The van der Waals surface area contributed by atoms with Gasteiger partial charge in [0.15, 0.2) is 0 Å². The van der Waals surface area contributed by atoms with Crippen LogP contribution in [0.2, 0.25) is 0 Å². The zero-order chi connectivity index (χ0) is 13.1. The zero-order valence-electron chi connectivity index (χ0n) is 11.1. The van der Waals surface area contributed by atoms with E-state index >= 15 is 0 Å². The van der Waals surface area contributed by atoms with Crippen molar-refractivity contribution in [2.45, 2.75) is 51.6 Å². The number of hydrogen-bond donors (Lipinski definition) is 2. The van der Waals surface area contributed by atoms with Crippen LogP contribution >= 0.6 is 27.3 Å². The third-order valence-electron chi connectivity index (χ3n) is 3.50. The Bertz CT molecular complexity index is 391. The van der Waals surface area contributed by atoms with Gasteiger partial charge in [0.25, 0.3) is 0 Å². The van der Waals surface area contributed by atoms with Crippen molar-refractivity contribution in [2.75, 3.05) is 6.61 Å². The first-order chi connectivity index (χ1) is 8.60. The van der Waals surface area contributed by atoms with E-state index in [0.717, 1.165) is 6.42 Å². The highest BCUT2D eigenvalue weighted by Crippen LogP contribution is 2.38. The molecule has 4 heteroatoms. The molecule has 2 nitrogen and oxygen atoms in total. The van der Waals surface area contributed by atoms with Crippen molar-refractivity contribution in [2.24, 2.45) is 5.92 Å². The van der Waals surface area contributed by atoms with Gasteiger partial charge in [0, 0.05) is 17.0 Å². The maximum Gasteiger partial charge on any atom is 0.0704 e. The lowest BCUT2D eigenvalue weighted by Crippen LogP contribution is -2.37. The molecule has 1 aromatic rings. The third-order valence-corrected chi connectivity index (χ3v) is 5.21. The van der Waals surface area contributed by atoms with Gasteiger partial charge in [-0.2, -0.15) is 0 Å². The second kappa shape index (κ2) is 6.51. The summed E-state index contributed by atoms with van der Waals surface area (Å²) in [6.45, 7) is 4.64. The largest absolute Gasteiger partial charge is 0.395 e. The molecule has 0 spiro atoms. The van der Waals surface area contributed by atoms with Crippen molar-refractivity contribution in [3.8, 4) is 0 Å². The Labute approximate surface area is 122 Å². The standard InChI is InChI=1S/C14H22BrNOS/c1-9(2)6-10(8-17)16-12-4-3-5-13-11(12)7-14(15)18-13/h7,9-10,12,16-17H,3-6,8H2,1-2H3. The molecule has 0 fully saturated rings. The first-order valence-corrected chi connectivity index (χ1v) is 8.36. The Hall–Kier alpha value is 0.100. The van der Waals surface area contributed by atoms with Gasteiger partial charge in [0.05, 0.1) is 10.4 Å². The number of aryl methyl sites for hydroxylation is 1. The van der Waals surface area contributed by atoms with Crippen molar-refractivity contribution in [3.05, 3.63) is 20.3 Å². The van der Waals surface area contributed by atoms with Gasteiger partial charge in [-0.25, -0.2) is 0 Å². The minimum atomic E-state index is 0.222. The van der Waals surface area contributed by atoms with Crippen LogP contribution in [0.4, 0.5) is 0 Å². The van der Waals surface area contributed by atoms with Crippen LogP contribution in [-0.2, 0) is 6.42 Å². The summed E-state index contributed by atoms with van der Waals surface area (Å²) >= 11 is 5.44. The van der Waals surface area contributed by atoms with Crippen LogP contribution in [0.15, 0.2) is 9.85 Å². The van der Waals surface area contributed by atoms with Gasteiger partial charge < -0.3 is 10.4 Å². The van der Waals surface area contributed by atoms with E-state index in [1.807, 2.05) is 11.3 Å². The summed E-state index contributed by atoms with van der Waals surface area (Å²) in [7, 11) is 0. The molecule has 2 N–H and O–H groups in total. The van der Waals surface area contributed by atoms with Crippen molar-refractivity contribution in [3.63, 3.8) is 0 Å². The van der Waals surface area contributed by atoms with Crippen LogP contribution in [0.3, 0.4) is 0 Å². The van der Waals surface area contributed by atoms with Crippen molar-refractivity contribution >= 4 is 27.3 Å². The summed E-state index contributed by atoms with van der Waals surface area (Å²) < 4.78 is 1.23. The lowest BCUT2D eigenvalue weighted by atomic mass is 9.92. The molecule has 18 heavy (non-hydrogen) atoms. The fraction of sp³-hybridized carbons (Fsp3) is 0.714. The van der Waals surface area contributed by atoms with Crippen molar-refractivity contribution in [1.82, 2.24) is 5.32 Å². The minimum Gasteiger partial charge on any atom is -0.395 e. The van der Waals surface area contributed by atoms with Gasteiger partial charge in [0.2, 0.25) is 0 Å². The van der Waals surface area contributed by atoms with E-state index < -0.39 is 0 Å². The van der Waals surface area contributed by atoms with Crippen molar-refractivity contribution < 1.29 is 5.11 Å². The maximum absolute atomic E-state index is 9.49. The Balaban J connectivity index is 2.05. The van der Waals surface area contributed by atoms with Gasteiger partial charge in [-0.05, 0) is 59.2 Å². The predicted octanol–water partition coefficient (Wildman–Crippen LogP) is 3.88. The van der Waals surface area contributed by atoms with Gasteiger partial charge in [-0.1, -0.05) is 13.8 Å². The first kappa shape index (κ1) is 14.5. The number of rotatable bonds is 5. The molecule has 2 rings (SSSR count). The van der Waals surface area contributed by atoms with Crippen LogP contribution in [0, 0.1) is 5.92 Å². The fourth-order valence-corrected chi connectivity index (χ4v) is 4.56. The van der Waals surface area contributed by atoms with Crippen molar-refractivity contribution in [1.29, 1.82) is 0 Å². The average molecular weight is 332 g/mol. The quantitative estimate of drug-likeness (QED) is 0.857. The Kier molecular flexibility index (Phi) is 5.24. The molecule has 1 aliphatic rings. The number of nitrogens with one attached hydrogen (secondary N) is 1. The number of hydrogen-bond acceptors (Lipinski definition) is 3. The van der Waals surface area contributed by atoms with E-state index in [2.05, 4.69) is 41.2 Å². The van der Waals surface area contributed by atoms with E-state index in [0.29, 0.717) is 12.0 Å². The van der Waals surface area contributed by atoms with Crippen LogP contribution in [-0.4, -0.2) is 17.8 Å². The predicted molar refractivity (Wildman–Crippen MR) is 81.2 cm³/mol. The fourth-order valence-electron chi connectivity index (χ4n) is 2.74. The molecule has 0 aliphatic heterocycles. The van der Waals surface area contributed by atoms with Gasteiger partial charge in [0.1, 0.15) is 0 Å². The molecule has 102 valence electrons. The molecule has 1 aliphatic carbocycles. The molecule has 0 aromatic carbocycles. The minimum absolute atomic E-state index is 0.222. The molecular weight excluding hydrogens is 310 g/mol. The Morgan fingerprint density at radius 2 is 2.33 bits per heavy atom. The van der Waals surface area contributed by atoms with E-state index in [4.69, 9.17) is 0 Å². The van der Waals surface area contributed by atoms with Crippen LogP contribution in [0.1, 0.15) is 49.6 Å². The molecule has 0 amide bonds. The topological polar surface area (TPSA) is 32.3 Å². The first-order valence-electron chi connectivity index (χ1n) is 6.75. The van der Waals surface area contributed by atoms with E-state index in [-0.39, 0.29) is 12.6 Å². The summed E-state index contributed by atoms with van der Waals surface area (Å²) in [5.74, 6) is 0.618. The van der Waals surface area contributed by atoms with Crippen LogP contribution in [0.5, 0.6) is 0 Å². The van der Waals surface area contributed by atoms with E-state index in [9.17, 15) is 5.11 Å². The summed E-state index contributed by atoms with van der Waals surface area (Å²) in [6, 6.07) is 2.90. The zero-order valence-corrected chi connectivity index (χ0v) is 13.5. The SMILES string of the molecule is CC(C)CC(CO)NC1CCCc2sc(Br)cc21. The third kappa shape index (κ3) is 3.56. The molecule has 0 saturated heterocycles. The lowest BCUT2D eigenvalue weighted by Gasteiger charge is -2.29. The molecule has 2 atom stereocenters. The van der Waals surface area contributed by atoms with Gasteiger partial charge in [-0.3, -0.25) is 0 Å². The summed E-state index contributed by atoms with van der Waals surface area (Å²) in [4.78, 5) is 1.51. The monoisotopic (exact) mass is 331 g/mol. The van der Waals surface area contributed by atoms with E-state index in [1.165, 1.54) is 33.5 Å². The lowest BCUT2D eigenvalue weighted by molar-refractivity contribution is 0.209. The molecule has 0 bridgehead atoms. The summed E-state index contributed by atoms with van der Waals surface area (Å²) in [5, 5.41) is 13.1. The summed E-state index contributed by atoms with van der Waals surface area (Å²) in [5.41, 5.74) is 1.44. The Morgan fingerprint density at radius 1 is 1.56 bits per heavy atom.